The Kier molecular flexibility index (Phi) is 6.06. The first kappa shape index (κ1) is 19.7. The number of ether oxygens (including phenoxy) is 1. The maximum atomic E-state index is 12.6. The molecule has 0 saturated heterocycles. The van der Waals surface area contributed by atoms with Crippen LogP contribution in [0.25, 0.3) is 11.1 Å². The van der Waals surface area contributed by atoms with Crippen molar-refractivity contribution in [1.29, 1.82) is 0 Å². The summed E-state index contributed by atoms with van der Waals surface area (Å²) in [5, 5.41) is 3.44. The second kappa shape index (κ2) is 7.70. The van der Waals surface area contributed by atoms with Crippen molar-refractivity contribution in [2.75, 3.05) is 11.9 Å². The van der Waals surface area contributed by atoms with Crippen molar-refractivity contribution < 1.29 is 14.3 Å². The molecule has 0 aliphatic rings. The molecule has 2 aromatic rings. The van der Waals surface area contributed by atoms with Gasteiger partial charge < -0.3 is 10.1 Å². The fraction of sp³-hybridized carbons (Fsp3) is 0.368. The van der Waals surface area contributed by atoms with Crippen LogP contribution in [0, 0.1) is 12.3 Å². The summed E-state index contributed by atoms with van der Waals surface area (Å²) in [6, 6.07) is 7.73. The molecule has 0 bridgehead atoms. The van der Waals surface area contributed by atoms with E-state index in [1.165, 1.54) is 11.3 Å². The van der Waals surface area contributed by atoms with E-state index in [1.54, 1.807) is 6.92 Å². The van der Waals surface area contributed by atoms with Crippen LogP contribution in [0.15, 0.2) is 28.7 Å². The van der Waals surface area contributed by atoms with Crippen LogP contribution in [0.1, 0.15) is 42.9 Å². The number of benzene rings is 1. The largest absolute Gasteiger partial charge is 0.462 e. The monoisotopic (exact) mass is 423 g/mol. The Hall–Kier alpha value is -1.66. The zero-order chi connectivity index (χ0) is 18.8. The molecular weight excluding hydrogens is 402 g/mol. The minimum Gasteiger partial charge on any atom is -0.462 e. The van der Waals surface area contributed by atoms with Crippen LogP contribution < -0.4 is 5.32 Å². The summed E-state index contributed by atoms with van der Waals surface area (Å²) in [6.45, 7) is 9.49. The lowest BCUT2D eigenvalue weighted by Gasteiger charge is -2.17. The molecule has 1 heterocycles. The minimum atomic E-state index is -0.554. The molecule has 0 atom stereocenters. The number of rotatable bonds is 4. The van der Waals surface area contributed by atoms with E-state index in [4.69, 9.17) is 4.74 Å². The van der Waals surface area contributed by atoms with Crippen LogP contribution in [0.5, 0.6) is 0 Å². The first-order valence-electron chi connectivity index (χ1n) is 8.03. The van der Waals surface area contributed by atoms with Crippen molar-refractivity contribution in [3.05, 3.63) is 39.2 Å². The van der Waals surface area contributed by atoms with Crippen molar-refractivity contribution in [1.82, 2.24) is 0 Å². The molecule has 25 heavy (non-hydrogen) atoms. The molecule has 6 heteroatoms. The zero-order valence-corrected chi connectivity index (χ0v) is 17.4. The van der Waals surface area contributed by atoms with Gasteiger partial charge in [0.15, 0.2) is 0 Å². The lowest BCUT2D eigenvalue weighted by molar-refractivity contribution is -0.123. The van der Waals surface area contributed by atoms with Crippen LogP contribution in [-0.4, -0.2) is 18.5 Å². The Bertz CT molecular complexity index is 788. The third kappa shape index (κ3) is 4.50. The van der Waals surface area contributed by atoms with Gasteiger partial charge in [0.05, 0.1) is 6.61 Å². The number of amides is 1. The summed E-state index contributed by atoms with van der Waals surface area (Å²) in [5.41, 5.74) is 1.59. The number of aryl methyl sites for hydroxylation is 1. The van der Waals surface area contributed by atoms with Crippen molar-refractivity contribution in [2.24, 2.45) is 5.41 Å². The van der Waals surface area contributed by atoms with Crippen molar-refractivity contribution in [3.63, 3.8) is 0 Å². The van der Waals surface area contributed by atoms with E-state index in [9.17, 15) is 9.59 Å². The van der Waals surface area contributed by atoms with Crippen LogP contribution in [0.2, 0.25) is 0 Å². The van der Waals surface area contributed by atoms with Crippen LogP contribution in [0.4, 0.5) is 5.00 Å². The van der Waals surface area contributed by atoms with E-state index in [0.29, 0.717) is 10.6 Å². The van der Waals surface area contributed by atoms with Crippen molar-refractivity contribution in [3.8, 4) is 11.1 Å². The molecule has 0 radical (unpaired) electrons. The molecule has 1 N–H and O–H groups in total. The Morgan fingerprint density at radius 3 is 2.32 bits per heavy atom. The molecule has 0 aliphatic carbocycles. The second-order valence-electron chi connectivity index (χ2n) is 6.67. The molecule has 0 unspecified atom stereocenters. The third-order valence-corrected chi connectivity index (χ3v) is 5.15. The zero-order valence-electron chi connectivity index (χ0n) is 15.0. The second-order valence-corrected chi connectivity index (χ2v) is 8.81. The van der Waals surface area contributed by atoms with E-state index in [0.717, 1.165) is 20.5 Å². The maximum Gasteiger partial charge on any atom is 0.341 e. The van der Waals surface area contributed by atoms with E-state index in [1.807, 2.05) is 52.0 Å². The summed E-state index contributed by atoms with van der Waals surface area (Å²) >= 11 is 4.82. The number of hydrogen-bond donors (Lipinski definition) is 1. The molecule has 0 saturated carbocycles. The lowest BCUT2D eigenvalue weighted by atomic mass is 9.95. The van der Waals surface area contributed by atoms with Crippen LogP contribution in [0.3, 0.4) is 0 Å². The Morgan fingerprint density at radius 1 is 1.20 bits per heavy atom. The van der Waals surface area contributed by atoms with Crippen LogP contribution >= 0.6 is 27.3 Å². The number of halogens is 1. The summed E-state index contributed by atoms with van der Waals surface area (Å²) in [7, 11) is 0. The number of hydrogen-bond acceptors (Lipinski definition) is 4. The number of carbonyl (C=O) groups is 2. The van der Waals surface area contributed by atoms with Gasteiger partial charge in [-0.25, -0.2) is 4.79 Å². The number of nitrogens with one attached hydrogen (secondary N) is 1. The Labute approximate surface area is 160 Å². The predicted molar refractivity (Wildman–Crippen MR) is 106 cm³/mol. The van der Waals surface area contributed by atoms with Crippen molar-refractivity contribution in [2.45, 2.75) is 34.6 Å². The van der Waals surface area contributed by atoms with E-state index >= 15 is 0 Å². The topological polar surface area (TPSA) is 55.4 Å². The van der Waals surface area contributed by atoms with Crippen LogP contribution in [-0.2, 0) is 9.53 Å². The fourth-order valence-electron chi connectivity index (χ4n) is 2.29. The molecule has 0 fully saturated rings. The third-order valence-electron chi connectivity index (χ3n) is 3.60. The molecular formula is C19H22BrNO3S. The van der Waals surface area contributed by atoms with Gasteiger partial charge in [0.1, 0.15) is 10.6 Å². The molecule has 1 aromatic heterocycles. The number of thiophene rings is 1. The molecule has 4 nitrogen and oxygen atoms in total. The molecule has 0 spiro atoms. The van der Waals surface area contributed by atoms with Gasteiger partial charge in [-0.1, -0.05) is 48.8 Å². The number of esters is 1. The van der Waals surface area contributed by atoms with E-state index < -0.39 is 11.4 Å². The van der Waals surface area contributed by atoms with Crippen molar-refractivity contribution >= 4 is 44.1 Å². The molecule has 1 aromatic carbocycles. The highest BCUT2D eigenvalue weighted by Crippen LogP contribution is 2.41. The first-order chi connectivity index (χ1) is 11.6. The fourth-order valence-corrected chi connectivity index (χ4v) is 3.61. The summed E-state index contributed by atoms with van der Waals surface area (Å²) < 4.78 is 6.20. The Morgan fingerprint density at radius 2 is 1.80 bits per heavy atom. The summed E-state index contributed by atoms with van der Waals surface area (Å²) in [4.78, 5) is 26.0. The maximum absolute atomic E-state index is 12.6. The standard InChI is InChI=1S/C19H22BrNO3S/c1-6-24-17(22)15-14(12-7-9-13(20)10-8-12)11(2)25-16(15)21-18(23)19(3,4)5/h7-10H,6H2,1-5H3,(H,21,23). The van der Waals surface area contributed by atoms with Gasteiger partial charge in [0, 0.05) is 20.3 Å². The number of anilines is 1. The van der Waals surface area contributed by atoms with Gasteiger partial charge in [-0.05, 0) is 31.5 Å². The van der Waals surface area contributed by atoms with Gasteiger partial charge in [0.25, 0.3) is 0 Å². The highest BCUT2D eigenvalue weighted by molar-refractivity contribution is 9.10. The lowest BCUT2D eigenvalue weighted by Crippen LogP contribution is -2.28. The molecule has 134 valence electrons. The first-order valence-corrected chi connectivity index (χ1v) is 9.64. The normalized spacial score (nSPS) is 11.3. The summed E-state index contributed by atoms with van der Waals surface area (Å²) in [6.07, 6.45) is 0. The quantitative estimate of drug-likeness (QED) is 0.646. The minimum absolute atomic E-state index is 0.137. The predicted octanol–water partition coefficient (Wildman–Crippen LogP) is 5.65. The highest BCUT2D eigenvalue weighted by atomic mass is 79.9. The Balaban J connectivity index is 2.57. The van der Waals surface area contributed by atoms with Gasteiger partial charge in [-0.15, -0.1) is 11.3 Å². The smallest absolute Gasteiger partial charge is 0.341 e. The van der Waals surface area contributed by atoms with E-state index in [2.05, 4.69) is 21.2 Å². The molecule has 2 rings (SSSR count). The molecule has 1 amide bonds. The average molecular weight is 424 g/mol. The average Bonchev–Trinajstić information content (AvgIpc) is 2.83. The SMILES string of the molecule is CCOC(=O)c1c(NC(=O)C(C)(C)C)sc(C)c1-c1ccc(Br)cc1. The summed E-state index contributed by atoms with van der Waals surface area (Å²) in [5.74, 6) is -0.560. The van der Waals surface area contributed by atoms with Gasteiger partial charge in [0.2, 0.25) is 5.91 Å². The highest BCUT2D eigenvalue weighted by Gasteiger charge is 2.28. The van der Waals surface area contributed by atoms with Gasteiger partial charge in [-0.3, -0.25) is 4.79 Å². The van der Waals surface area contributed by atoms with Gasteiger partial charge in [-0.2, -0.15) is 0 Å². The van der Waals surface area contributed by atoms with E-state index in [-0.39, 0.29) is 12.5 Å². The molecule has 0 aliphatic heterocycles. The van der Waals surface area contributed by atoms with Gasteiger partial charge >= 0.3 is 5.97 Å². The number of carbonyl (C=O) groups excluding carboxylic acids is 2.